The minimum absolute atomic E-state index is 0.691. The minimum atomic E-state index is 0.691. The first-order valence-electron chi connectivity index (χ1n) is 3.13. The van der Waals surface area contributed by atoms with E-state index >= 15 is 0 Å². The molecule has 2 nitrogen and oxygen atoms in total. The average Bonchev–Trinajstić information content (AvgIpc) is 2.32. The summed E-state index contributed by atoms with van der Waals surface area (Å²) in [6, 6.07) is 3.66. The zero-order valence-corrected chi connectivity index (χ0v) is 7.12. The van der Waals surface area contributed by atoms with Crippen molar-refractivity contribution in [2.75, 3.05) is 0 Å². The zero-order chi connectivity index (χ0) is 7.84. The lowest BCUT2D eigenvalue weighted by Crippen LogP contribution is -1.80. The molecule has 0 saturated carbocycles. The molecule has 0 saturated heterocycles. The molecule has 0 unspecified atom stereocenters. The van der Waals surface area contributed by atoms with Gasteiger partial charge in [0.05, 0.1) is 5.52 Å². The van der Waals surface area contributed by atoms with Crippen molar-refractivity contribution in [3.63, 3.8) is 0 Å². The number of rotatable bonds is 0. The molecule has 4 heteroatoms. The molecule has 0 spiro atoms. The maximum Gasteiger partial charge on any atom is 0.181 e. The van der Waals surface area contributed by atoms with E-state index in [1.165, 1.54) is 0 Å². The summed E-state index contributed by atoms with van der Waals surface area (Å²) in [5, 5.41) is 0.721. The molecule has 2 aromatic heterocycles. The summed E-state index contributed by atoms with van der Waals surface area (Å²) in [4.78, 5) is 2.92. The summed E-state index contributed by atoms with van der Waals surface area (Å²) in [7, 11) is 0. The van der Waals surface area contributed by atoms with Gasteiger partial charge in [0.2, 0.25) is 0 Å². The third-order valence-electron chi connectivity index (χ3n) is 1.51. The quantitative estimate of drug-likeness (QED) is 0.625. The Morgan fingerprint density at radius 1 is 1.55 bits per heavy atom. The van der Waals surface area contributed by atoms with Gasteiger partial charge < -0.3 is 4.98 Å². The molecule has 0 aliphatic heterocycles. The van der Waals surface area contributed by atoms with Crippen LogP contribution >= 0.6 is 23.8 Å². The predicted molar refractivity (Wildman–Crippen MR) is 47.6 cm³/mol. The Balaban J connectivity index is 2.97. The number of H-pyrrole nitrogens is 1. The number of halogens is 1. The highest BCUT2D eigenvalue weighted by Gasteiger charge is 1.93. The second-order valence-electron chi connectivity index (χ2n) is 2.23. The van der Waals surface area contributed by atoms with E-state index in [9.17, 15) is 0 Å². The van der Waals surface area contributed by atoms with Gasteiger partial charge in [0, 0.05) is 17.4 Å². The number of imidazole rings is 1. The van der Waals surface area contributed by atoms with Crippen molar-refractivity contribution < 1.29 is 0 Å². The van der Waals surface area contributed by atoms with Crippen LogP contribution in [0.5, 0.6) is 0 Å². The standard InChI is InChI=1S/C7H5ClN2S/c8-5-1-2-10-6(3-5)4-9-7(10)11/h1-4H,(H,9,11). The van der Waals surface area contributed by atoms with Gasteiger partial charge in [-0.05, 0) is 24.4 Å². The molecule has 0 aromatic carbocycles. The van der Waals surface area contributed by atoms with E-state index in [-0.39, 0.29) is 0 Å². The van der Waals surface area contributed by atoms with E-state index in [1.54, 1.807) is 6.07 Å². The van der Waals surface area contributed by atoms with Gasteiger partial charge in [0.15, 0.2) is 4.77 Å². The van der Waals surface area contributed by atoms with Crippen LogP contribution in [0.25, 0.3) is 5.52 Å². The SMILES string of the molecule is S=c1[nH]cc2cc(Cl)ccn12. The Kier molecular flexibility index (Phi) is 1.47. The third-order valence-corrected chi connectivity index (χ3v) is 2.06. The first-order valence-corrected chi connectivity index (χ1v) is 3.91. The molecule has 2 aromatic rings. The van der Waals surface area contributed by atoms with Crippen molar-refractivity contribution in [2.45, 2.75) is 0 Å². The van der Waals surface area contributed by atoms with E-state index in [1.807, 2.05) is 22.9 Å². The van der Waals surface area contributed by atoms with Gasteiger partial charge in [-0.2, -0.15) is 0 Å². The number of hydrogen-bond donors (Lipinski definition) is 1. The molecule has 0 radical (unpaired) electrons. The Labute approximate surface area is 73.4 Å². The van der Waals surface area contributed by atoms with Crippen molar-refractivity contribution in [3.05, 3.63) is 34.3 Å². The van der Waals surface area contributed by atoms with Crippen LogP contribution < -0.4 is 0 Å². The Morgan fingerprint density at radius 2 is 2.36 bits per heavy atom. The molecule has 0 amide bonds. The van der Waals surface area contributed by atoms with Crippen LogP contribution in [0.15, 0.2) is 24.5 Å². The fourth-order valence-corrected chi connectivity index (χ4v) is 1.39. The largest absolute Gasteiger partial charge is 0.336 e. The molecule has 1 N–H and O–H groups in total. The van der Waals surface area contributed by atoms with Gasteiger partial charge in [0.1, 0.15) is 0 Å². The monoisotopic (exact) mass is 184 g/mol. The number of aromatic nitrogens is 2. The molecule has 2 heterocycles. The summed E-state index contributed by atoms with van der Waals surface area (Å²) >= 11 is 10.8. The summed E-state index contributed by atoms with van der Waals surface area (Å²) in [5.74, 6) is 0. The Morgan fingerprint density at radius 3 is 3.18 bits per heavy atom. The van der Waals surface area contributed by atoms with Crippen LogP contribution in [0.4, 0.5) is 0 Å². The number of hydrogen-bond acceptors (Lipinski definition) is 1. The van der Waals surface area contributed by atoms with Crippen LogP contribution in [-0.4, -0.2) is 9.38 Å². The highest BCUT2D eigenvalue weighted by Crippen LogP contribution is 2.11. The number of pyridine rings is 1. The van der Waals surface area contributed by atoms with Crippen molar-refractivity contribution in [2.24, 2.45) is 0 Å². The second-order valence-corrected chi connectivity index (χ2v) is 3.06. The summed E-state index contributed by atoms with van der Waals surface area (Å²) in [6.07, 6.45) is 3.67. The van der Waals surface area contributed by atoms with Gasteiger partial charge in [-0.3, -0.25) is 4.40 Å². The second kappa shape index (κ2) is 2.36. The number of aromatic amines is 1. The maximum absolute atomic E-state index is 5.77. The van der Waals surface area contributed by atoms with Crippen molar-refractivity contribution in [1.82, 2.24) is 9.38 Å². The zero-order valence-electron chi connectivity index (χ0n) is 5.54. The fraction of sp³-hybridized carbons (Fsp3) is 0. The molecular formula is C7H5ClN2S. The highest BCUT2D eigenvalue weighted by molar-refractivity contribution is 7.71. The van der Waals surface area contributed by atoms with Crippen LogP contribution in [0.2, 0.25) is 5.02 Å². The lowest BCUT2D eigenvalue weighted by molar-refractivity contribution is 1.12. The molecule has 0 bridgehead atoms. The Hall–Kier alpha value is -0.800. The van der Waals surface area contributed by atoms with Crippen molar-refractivity contribution in [3.8, 4) is 0 Å². The molecule has 56 valence electrons. The van der Waals surface area contributed by atoms with E-state index in [4.69, 9.17) is 23.8 Å². The van der Waals surface area contributed by atoms with Crippen LogP contribution in [-0.2, 0) is 0 Å². The van der Waals surface area contributed by atoms with Gasteiger partial charge in [-0.25, -0.2) is 0 Å². The van der Waals surface area contributed by atoms with Crippen LogP contribution in [0.3, 0.4) is 0 Å². The number of nitrogens with one attached hydrogen (secondary N) is 1. The molecular weight excluding hydrogens is 180 g/mol. The molecule has 0 aliphatic carbocycles. The van der Waals surface area contributed by atoms with Gasteiger partial charge >= 0.3 is 0 Å². The summed E-state index contributed by atoms with van der Waals surface area (Å²) in [5.41, 5.74) is 0.988. The highest BCUT2D eigenvalue weighted by atomic mass is 35.5. The lowest BCUT2D eigenvalue weighted by Gasteiger charge is -1.91. The normalized spacial score (nSPS) is 10.6. The van der Waals surface area contributed by atoms with Crippen LogP contribution in [0.1, 0.15) is 0 Å². The smallest absolute Gasteiger partial charge is 0.181 e. The molecule has 0 atom stereocenters. The van der Waals surface area contributed by atoms with E-state index in [0.717, 1.165) is 10.5 Å². The summed E-state index contributed by atoms with van der Waals surface area (Å²) in [6.45, 7) is 0. The van der Waals surface area contributed by atoms with E-state index in [2.05, 4.69) is 4.98 Å². The molecule has 0 fully saturated rings. The number of fused-ring (bicyclic) bond motifs is 1. The van der Waals surface area contributed by atoms with Crippen LogP contribution in [0, 0.1) is 4.77 Å². The first-order chi connectivity index (χ1) is 5.27. The fourth-order valence-electron chi connectivity index (χ4n) is 0.992. The summed E-state index contributed by atoms with van der Waals surface area (Å²) < 4.78 is 2.55. The molecule has 11 heavy (non-hydrogen) atoms. The maximum atomic E-state index is 5.77. The van der Waals surface area contributed by atoms with Gasteiger partial charge in [-0.1, -0.05) is 11.6 Å². The lowest BCUT2D eigenvalue weighted by atomic mass is 10.4. The molecule has 0 aliphatic rings. The topological polar surface area (TPSA) is 20.2 Å². The first kappa shape index (κ1) is 6.88. The average molecular weight is 185 g/mol. The Bertz CT molecular complexity index is 443. The van der Waals surface area contributed by atoms with Gasteiger partial charge in [0.25, 0.3) is 0 Å². The van der Waals surface area contributed by atoms with E-state index in [0.29, 0.717) is 4.77 Å². The number of nitrogens with zero attached hydrogens (tertiary/aromatic N) is 1. The van der Waals surface area contributed by atoms with Crippen molar-refractivity contribution in [1.29, 1.82) is 0 Å². The third kappa shape index (κ3) is 1.06. The van der Waals surface area contributed by atoms with Crippen molar-refractivity contribution >= 4 is 29.3 Å². The predicted octanol–water partition coefficient (Wildman–Crippen LogP) is 2.65. The van der Waals surface area contributed by atoms with E-state index < -0.39 is 0 Å². The molecule has 2 rings (SSSR count). The van der Waals surface area contributed by atoms with Gasteiger partial charge in [-0.15, -0.1) is 0 Å². The minimum Gasteiger partial charge on any atom is -0.336 e.